The van der Waals surface area contributed by atoms with Gasteiger partial charge in [-0.3, -0.25) is 9.59 Å². The van der Waals surface area contributed by atoms with E-state index in [-0.39, 0.29) is 74.0 Å². The van der Waals surface area contributed by atoms with Gasteiger partial charge in [0, 0.05) is 52.8 Å². The minimum atomic E-state index is -0.298. The molecule has 8 nitrogen and oxygen atoms in total. The molecule has 0 aromatic rings. The van der Waals surface area contributed by atoms with Crippen LogP contribution in [-0.4, -0.2) is 66.9 Å². The van der Waals surface area contributed by atoms with Gasteiger partial charge in [0.1, 0.15) is 5.76 Å². The van der Waals surface area contributed by atoms with Gasteiger partial charge in [-0.2, -0.15) is 0 Å². The molecular weight excluding hydrogens is 679 g/mol. The predicted octanol–water partition coefficient (Wildman–Crippen LogP) is 2.82. The molecule has 0 amide bonds. The minimum absolute atomic E-state index is 0. The van der Waals surface area contributed by atoms with Gasteiger partial charge in [0.15, 0.2) is 5.78 Å². The average Bonchev–Trinajstić information content (AvgIpc) is 3.70. The molecule has 0 saturated carbocycles. The van der Waals surface area contributed by atoms with Gasteiger partial charge in [-0.25, -0.2) is 15.0 Å². The van der Waals surface area contributed by atoms with E-state index in [1.165, 1.54) is 7.11 Å². The van der Waals surface area contributed by atoms with Crippen molar-refractivity contribution >= 4 is 54.7 Å². The van der Waals surface area contributed by atoms with E-state index < -0.39 is 0 Å². The smallest absolute Gasteiger partial charge is 1.00 e. The number of esters is 1. The fourth-order valence-electron chi connectivity index (χ4n) is 6.89. The van der Waals surface area contributed by atoms with E-state index in [1.54, 1.807) is 6.92 Å². The second-order valence-corrected chi connectivity index (χ2v) is 11.7. The number of fused-ring (bicyclic) bond motifs is 5. The molecule has 226 valence electrons. The third kappa shape index (κ3) is 5.36. The number of nitrogens with zero attached hydrogens (tertiary/aromatic N) is 3. The van der Waals surface area contributed by atoms with Crippen molar-refractivity contribution in [3.63, 3.8) is 0 Å². The van der Waals surface area contributed by atoms with Crippen molar-refractivity contribution in [3.05, 3.63) is 91.5 Å². The number of carbonyl (C=O) groups is 2. The molecule has 2 atom stereocenters. The molecule has 6 aliphatic rings. The van der Waals surface area contributed by atoms with Crippen LogP contribution in [0.25, 0.3) is 0 Å². The van der Waals surface area contributed by atoms with Crippen LogP contribution in [0.15, 0.2) is 106 Å². The molecule has 1 saturated heterocycles. The van der Waals surface area contributed by atoms with Crippen LogP contribution in [0.4, 0.5) is 0 Å². The number of carbonyl (C=O) groups excluding carboxylic acids is 2. The number of hydrogen-bond donors (Lipinski definition) is 2. The van der Waals surface area contributed by atoms with Gasteiger partial charge in [0.05, 0.1) is 41.3 Å². The number of aliphatic imine (C=N–C) groups is 3. The molecule has 2 radical (unpaired) electrons. The van der Waals surface area contributed by atoms with Crippen LogP contribution in [0.3, 0.4) is 0 Å². The van der Waals surface area contributed by atoms with Crippen LogP contribution in [0.5, 0.6) is 0 Å². The van der Waals surface area contributed by atoms with Crippen molar-refractivity contribution < 1.29 is 31.8 Å². The number of ketones is 1. The normalized spacial score (nSPS) is 23.5. The standard InChI is InChI=1S/C34H36N4O4.ClH.In/c1-8-20-15(2)23-14-28-31(19(6)39)17(4)25(36-28)12-24-16(3)21(9-10-30(41)42-7)33(37-24)22-11-29(40)32-18(5)26(38-34(22)32)13-27(20)35-23;;/h12-15,20,35,40H,8-11H2,1-7H3;1H;/q;;+1/p-1/t15-,20-;;/m1../s1. The molecule has 5 aliphatic heterocycles. The minimum Gasteiger partial charge on any atom is -1.00 e. The summed E-state index contributed by atoms with van der Waals surface area (Å²) in [6.45, 7) is 11.9. The Balaban J connectivity index is 0.00000221. The van der Waals surface area contributed by atoms with Crippen molar-refractivity contribution in [2.24, 2.45) is 26.8 Å². The number of rotatable bonds is 5. The van der Waals surface area contributed by atoms with Crippen LogP contribution in [-0.2, 0) is 14.3 Å². The number of aliphatic hydroxyl groups excluding tert-OH is 1. The Bertz CT molecular complexity index is 1740. The molecule has 2 N–H and O–H groups in total. The first-order valence-electron chi connectivity index (χ1n) is 14.6. The number of methoxy groups -OCH3 is 1. The summed E-state index contributed by atoms with van der Waals surface area (Å²) in [7, 11) is 1.39. The summed E-state index contributed by atoms with van der Waals surface area (Å²) < 4.78 is 4.93. The summed E-state index contributed by atoms with van der Waals surface area (Å²) in [6.07, 6.45) is 7.93. The SMILES string of the molecule is CC[C@H]1C2=CC3=C(C)C4=C(O)CC(=C5N=C(C=C6N=C(C=C(N2)[C@@H]1C)C(C(C)=O)=C6C)C(C)=C5CCC(=O)OC)C4=N3.[Cl-].[In+]. The first kappa shape index (κ1) is 33.7. The molecule has 0 unspecified atom stereocenters. The van der Waals surface area contributed by atoms with Gasteiger partial charge >= 0.3 is 31.8 Å². The van der Waals surface area contributed by atoms with Crippen LogP contribution in [0.2, 0.25) is 0 Å². The molecule has 0 aromatic heterocycles. The van der Waals surface area contributed by atoms with Crippen molar-refractivity contribution in [1.29, 1.82) is 0 Å². The number of hydrogen-bond acceptors (Lipinski definition) is 8. The van der Waals surface area contributed by atoms with Crippen molar-refractivity contribution in [1.82, 2.24) is 5.32 Å². The zero-order valence-corrected chi connectivity index (χ0v) is 30.2. The number of aliphatic hydroxyl groups is 1. The van der Waals surface area contributed by atoms with Crippen molar-refractivity contribution in [2.75, 3.05) is 7.11 Å². The van der Waals surface area contributed by atoms with Gasteiger partial charge < -0.3 is 27.6 Å². The molecule has 5 heterocycles. The third-order valence-electron chi connectivity index (χ3n) is 9.28. The van der Waals surface area contributed by atoms with E-state index in [9.17, 15) is 14.7 Å². The first-order valence-corrected chi connectivity index (χ1v) is 14.6. The quantitative estimate of drug-likeness (QED) is 0.426. The Morgan fingerprint density at radius 2 is 1.75 bits per heavy atom. The van der Waals surface area contributed by atoms with E-state index in [2.05, 4.69) is 25.2 Å². The fourth-order valence-corrected chi connectivity index (χ4v) is 6.89. The molecule has 1 fully saturated rings. The van der Waals surface area contributed by atoms with Crippen LogP contribution in [0.1, 0.15) is 67.2 Å². The maximum Gasteiger partial charge on any atom is 1.00 e. The Morgan fingerprint density at radius 3 is 2.41 bits per heavy atom. The summed E-state index contributed by atoms with van der Waals surface area (Å²) in [4.78, 5) is 40.1. The van der Waals surface area contributed by atoms with Crippen LogP contribution >= 0.6 is 0 Å². The summed E-state index contributed by atoms with van der Waals surface area (Å²) in [5.74, 6) is 0.392. The Kier molecular flexibility index (Phi) is 9.71. The third-order valence-corrected chi connectivity index (χ3v) is 9.28. The summed E-state index contributed by atoms with van der Waals surface area (Å²) in [6, 6.07) is 0. The van der Waals surface area contributed by atoms with Crippen molar-refractivity contribution in [2.45, 2.75) is 67.2 Å². The molecule has 0 spiro atoms. The Labute approximate surface area is 283 Å². The number of halogens is 1. The first-order chi connectivity index (χ1) is 20.0. The second kappa shape index (κ2) is 12.7. The number of nitrogens with one attached hydrogen (secondary N) is 1. The maximum absolute atomic E-state index is 12.9. The number of Topliss-reactive ketones (excluding diaryl/α,β-unsaturated/α-hetero) is 1. The topological polar surface area (TPSA) is 113 Å². The van der Waals surface area contributed by atoms with E-state index in [4.69, 9.17) is 19.7 Å². The number of ether oxygens (including phenoxy) is 1. The Hall–Kier alpha value is -3.17. The summed E-state index contributed by atoms with van der Waals surface area (Å²) in [5, 5.41) is 14.8. The molecule has 0 aromatic carbocycles. The number of allylic oxidation sites excluding steroid dienone is 12. The molecular formula is C34H36ClInN4O4. The second-order valence-electron chi connectivity index (χ2n) is 11.7. The maximum atomic E-state index is 12.9. The summed E-state index contributed by atoms with van der Waals surface area (Å²) in [5.41, 5.74) is 12.2. The fraction of sp³-hybridized carbons (Fsp3) is 0.382. The zero-order valence-electron chi connectivity index (χ0n) is 26.2. The van der Waals surface area contributed by atoms with Gasteiger partial charge in [-0.1, -0.05) is 13.8 Å². The predicted molar refractivity (Wildman–Crippen MR) is 170 cm³/mol. The molecule has 1 aliphatic carbocycles. The van der Waals surface area contributed by atoms with E-state index in [0.717, 1.165) is 74.1 Å². The zero-order chi connectivity index (χ0) is 30.0. The van der Waals surface area contributed by atoms with Gasteiger partial charge in [-0.15, -0.1) is 0 Å². The molecule has 44 heavy (non-hydrogen) atoms. The van der Waals surface area contributed by atoms with Gasteiger partial charge in [0.25, 0.3) is 0 Å². The van der Waals surface area contributed by atoms with E-state index in [1.807, 2.05) is 32.9 Å². The van der Waals surface area contributed by atoms with Gasteiger partial charge in [-0.05, 0) is 81.1 Å². The van der Waals surface area contributed by atoms with E-state index in [0.29, 0.717) is 29.8 Å². The van der Waals surface area contributed by atoms with Crippen LogP contribution in [0, 0.1) is 11.8 Å². The van der Waals surface area contributed by atoms with Crippen LogP contribution < -0.4 is 17.7 Å². The molecule has 10 heteroatoms. The van der Waals surface area contributed by atoms with Gasteiger partial charge in [0.2, 0.25) is 0 Å². The average molecular weight is 715 g/mol. The monoisotopic (exact) mass is 714 g/mol. The largest absolute Gasteiger partial charge is 1.00 e. The summed E-state index contributed by atoms with van der Waals surface area (Å²) >= 11 is 0. The Morgan fingerprint density at radius 1 is 1.02 bits per heavy atom. The molecule has 6 rings (SSSR count). The van der Waals surface area contributed by atoms with Crippen molar-refractivity contribution in [3.8, 4) is 0 Å². The van der Waals surface area contributed by atoms with E-state index >= 15 is 0 Å². The molecule has 8 bridgehead atoms.